The van der Waals surface area contributed by atoms with Gasteiger partial charge in [0.15, 0.2) is 11.6 Å². The number of rotatable bonds is 2. The number of methoxy groups -OCH3 is 1. The zero-order valence-electron chi connectivity index (χ0n) is 7.73. The van der Waals surface area contributed by atoms with E-state index in [1.165, 1.54) is 14.0 Å². The minimum Gasteiger partial charge on any atom is -0.493 e. The number of hydrogen-bond acceptors (Lipinski definition) is 2. The van der Waals surface area contributed by atoms with Crippen molar-refractivity contribution < 1.29 is 18.3 Å². The third-order valence-electron chi connectivity index (χ3n) is 1.87. The van der Waals surface area contributed by atoms with Gasteiger partial charge in [-0.2, -0.15) is 0 Å². The molecule has 5 heteroatoms. The lowest BCUT2D eigenvalue weighted by molar-refractivity contribution is 0.0996. The summed E-state index contributed by atoms with van der Waals surface area (Å²) in [6.07, 6.45) is 0. The van der Waals surface area contributed by atoms with E-state index in [9.17, 15) is 13.6 Å². The third kappa shape index (κ3) is 2.23. The molecule has 0 aromatic heterocycles. The molecule has 0 radical (unpaired) electrons. The molecule has 0 aliphatic heterocycles. The fraction of sp³-hybridized carbons (Fsp3) is 0.300. The standard InChI is InChI=1S/C9H9F2NO2.CH4/c1-4-6(10)3-5(9(12)13)8(14-2)7(4)11;/h3H,1-2H3,(H2,12,13);1H4. The molecule has 0 aliphatic carbocycles. The van der Waals surface area contributed by atoms with Crippen LogP contribution >= 0.6 is 0 Å². The minimum atomic E-state index is -0.931. The number of carbonyl (C=O) groups excluding carboxylic acids is 1. The highest BCUT2D eigenvalue weighted by atomic mass is 19.1. The monoisotopic (exact) mass is 217 g/mol. The summed E-state index contributed by atoms with van der Waals surface area (Å²) in [6.45, 7) is 1.25. The molecule has 0 heterocycles. The first-order chi connectivity index (χ1) is 6.49. The van der Waals surface area contributed by atoms with Gasteiger partial charge in [-0.3, -0.25) is 4.79 Å². The molecule has 0 bridgehead atoms. The van der Waals surface area contributed by atoms with E-state index in [4.69, 9.17) is 5.73 Å². The molecular weight excluding hydrogens is 204 g/mol. The van der Waals surface area contributed by atoms with E-state index < -0.39 is 17.5 Å². The van der Waals surface area contributed by atoms with Gasteiger partial charge in [-0.05, 0) is 13.0 Å². The molecule has 1 aromatic carbocycles. The van der Waals surface area contributed by atoms with Crippen LogP contribution in [0.3, 0.4) is 0 Å². The normalized spacial score (nSPS) is 9.33. The van der Waals surface area contributed by atoms with Gasteiger partial charge in [0.2, 0.25) is 0 Å². The molecule has 1 rings (SSSR count). The zero-order valence-corrected chi connectivity index (χ0v) is 7.73. The van der Waals surface area contributed by atoms with Crippen molar-refractivity contribution in [2.75, 3.05) is 7.11 Å². The average molecular weight is 217 g/mol. The van der Waals surface area contributed by atoms with Gasteiger partial charge in [-0.15, -0.1) is 0 Å². The molecule has 1 aromatic rings. The van der Waals surface area contributed by atoms with E-state index in [1.54, 1.807) is 0 Å². The maximum absolute atomic E-state index is 13.3. The molecule has 84 valence electrons. The second-order valence-corrected chi connectivity index (χ2v) is 2.74. The molecule has 0 spiro atoms. The van der Waals surface area contributed by atoms with Gasteiger partial charge in [0.05, 0.1) is 12.7 Å². The summed E-state index contributed by atoms with van der Waals surface area (Å²) in [4.78, 5) is 10.8. The van der Waals surface area contributed by atoms with Gasteiger partial charge in [0, 0.05) is 5.56 Å². The lowest BCUT2D eigenvalue weighted by Gasteiger charge is -2.09. The highest BCUT2D eigenvalue weighted by Gasteiger charge is 2.19. The van der Waals surface area contributed by atoms with E-state index in [2.05, 4.69) is 4.74 Å². The third-order valence-corrected chi connectivity index (χ3v) is 1.87. The van der Waals surface area contributed by atoms with E-state index in [-0.39, 0.29) is 24.3 Å². The maximum Gasteiger partial charge on any atom is 0.252 e. The van der Waals surface area contributed by atoms with E-state index >= 15 is 0 Å². The van der Waals surface area contributed by atoms with Crippen LogP contribution in [0.15, 0.2) is 6.07 Å². The first-order valence-corrected chi connectivity index (χ1v) is 3.81. The summed E-state index contributed by atoms with van der Waals surface area (Å²) in [5.74, 6) is -2.98. The van der Waals surface area contributed by atoms with Gasteiger partial charge in [-0.1, -0.05) is 7.43 Å². The average Bonchev–Trinajstić information content (AvgIpc) is 2.13. The van der Waals surface area contributed by atoms with Crippen LogP contribution in [0.2, 0.25) is 0 Å². The Morgan fingerprint density at radius 2 is 2.00 bits per heavy atom. The lowest BCUT2D eigenvalue weighted by Crippen LogP contribution is -2.14. The molecule has 0 aliphatic rings. The van der Waals surface area contributed by atoms with Crippen molar-refractivity contribution in [3.05, 3.63) is 28.8 Å². The van der Waals surface area contributed by atoms with Crippen molar-refractivity contribution in [2.24, 2.45) is 5.73 Å². The van der Waals surface area contributed by atoms with Crippen LogP contribution in [0.25, 0.3) is 0 Å². The Kier molecular flexibility index (Phi) is 4.21. The van der Waals surface area contributed by atoms with Gasteiger partial charge in [-0.25, -0.2) is 8.78 Å². The molecule has 2 N–H and O–H groups in total. The fourth-order valence-electron chi connectivity index (χ4n) is 1.08. The molecule has 0 fully saturated rings. The van der Waals surface area contributed by atoms with Gasteiger partial charge in [0.25, 0.3) is 5.91 Å². The number of halogens is 2. The summed E-state index contributed by atoms with van der Waals surface area (Å²) < 4.78 is 31.0. The molecule has 0 atom stereocenters. The fourth-order valence-corrected chi connectivity index (χ4v) is 1.08. The SMILES string of the molecule is C.COc1c(C(N)=O)cc(F)c(C)c1F. The number of benzene rings is 1. The van der Waals surface area contributed by atoms with Crippen LogP contribution in [-0.4, -0.2) is 13.0 Å². The lowest BCUT2D eigenvalue weighted by atomic mass is 10.1. The summed E-state index contributed by atoms with van der Waals surface area (Å²) in [7, 11) is 1.18. The number of hydrogen-bond donors (Lipinski definition) is 1. The number of ether oxygens (including phenoxy) is 1. The van der Waals surface area contributed by atoms with Gasteiger partial charge in [0.1, 0.15) is 5.82 Å². The molecule has 3 nitrogen and oxygen atoms in total. The topological polar surface area (TPSA) is 52.3 Å². The second kappa shape index (κ2) is 4.72. The number of primary amides is 1. The Morgan fingerprint density at radius 1 is 1.47 bits per heavy atom. The first kappa shape index (κ1) is 13.4. The largest absolute Gasteiger partial charge is 0.493 e. The van der Waals surface area contributed by atoms with Crippen LogP contribution in [0.1, 0.15) is 23.3 Å². The van der Waals surface area contributed by atoms with Gasteiger partial charge < -0.3 is 10.5 Å². The van der Waals surface area contributed by atoms with Crippen LogP contribution in [-0.2, 0) is 0 Å². The Hall–Kier alpha value is -1.65. The maximum atomic E-state index is 13.3. The molecule has 0 saturated heterocycles. The Labute approximate surface area is 86.8 Å². The quantitative estimate of drug-likeness (QED) is 0.823. The van der Waals surface area contributed by atoms with E-state index in [0.29, 0.717) is 0 Å². The van der Waals surface area contributed by atoms with Crippen LogP contribution in [0.5, 0.6) is 5.75 Å². The second-order valence-electron chi connectivity index (χ2n) is 2.74. The Balaban J connectivity index is 0.00000196. The van der Waals surface area contributed by atoms with Crippen molar-refractivity contribution in [3.63, 3.8) is 0 Å². The van der Waals surface area contributed by atoms with Crippen LogP contribution < -0.4 is 10.5 Å². The number of amides is 1. The van der Waals surface area contributed by atoms with Crippen molar-refractivity contribution in [3.8, 4) is 5.75 Å². The van der Waals surface area contributed by atoms with Crippen molar-refractivity contribution >= 4 is 5.91 Å². The Morgan fingerprint density at radius 3 is 2.40 bits per heavy atom. The molecule has 1 amide bonds. The summed E-state index contributed by atoms with van der Waals surface area (Å²) in [5.41, 5.74) is 4.43. The smallest absolute Gasteiger partial charge is 0.252 e. The first-order valence-electron chi connectivity index (χ1n) is 3.81. The van der Waals surface area contributed by atoms with E-state index in [1.807, 2.05) is 0 Å². The predicted molar refractivity (Wildman–Crippen MR) is 52.9 cm³/mol. The van der Waals surface area contributed by atoms with Gasteiger partial charge >= 0.3 is 0 Å². The van der Waals surface area contributed by atoms with Crippen molar-refractivity contribution in [2.45, 2.75) is 14.4 Å². The zero-order chi connectivity index (χ0) is 10.9. The summed E-state index contributed by atoms with van der Waals surface area (Å²) in [5, 5.41) is 0. The highest BCUT2D eigenvalue weighted by Crippen LogP contribution is 2.26. The number of carbonyl (C=O) groups is 1. The number of nitrogens with two attached hydrogens (primary N) is 1. The van der Waals surface area contributed by atoms with Crippen LogP contribution in [0.4, 0.5) is 8.78 Å². The minimum absolute atomic E-state index is 0. The van der Waals surface area contributed by atoms with E-state index in [0.717, 1.165) is 6.07 Å². The Bertz CT molecular complexity index is 391. The summed E-state index contributed by atoms with van der Waals surface area (Å²) >= 11 is 0. The van der Waals surface area contributed by atoms with Crippen molar-refractivity contribution in [1.82, 2.24) is 0 Å². The molecule has 0 saturated carbocycles. The molecule has 15 heavy (non-hydrogen) atoms. The molecule has 0 unspecified atom stereocenters. The highest BCUT2D eigenvalue weighted by molar-refractivity contribution is 5.95. The van der Waals surface area contributed by atoms with Crippen molar-refractivity contribution in [1.29, 1.82) is 0 Å². The molecular formula is C10H13F2NO2. The predicted octanol–water partition coefficient (Wildman–Crippen LogP) is 2.02. The summed E-state index contributed by atoms with van der Waals surface area (Å²) in [6, 6.07) is 0.861. The van der Waals surface area contributed by atoms with Crippen LogP contribution in [0, 0.1) is 18.6 Å².